The molecule has 0 rings (SSSR count). The Morgan fingerprint density at radius 1 is 0.900 bits per heavy atom. The van der Waals surface area contributed by atoms with E-state index in [0.717, 1.165) is 32.7 Å². The van der Waals surface area contributed by atoms with Crippen LogP contribution in [0.5, 0.6) is 0 Å². The largest absolute Gasteiger partial charge is 0.318 e. The monoisotopic (exact) mass is 145 g/mol. The molecule has 0 saturated heterocycles. The maximum atomic E-state index is 3.30. The summed E-state index contributed by atoms with van der Waals surface area (Å²) in [6.45, 7) is 7.42. The van der Waals surface area contributed by atoms with Gasteiger partial charge < -0.3 is 16.0 Å². The van der Waals surface area contributed by atoms with Crippen molar-refractivity contribution < 1.29 is 0 Å². The molecule has 3 nitrogen and oxygen atoms in total. The molecule has 0 aliphatic carbocycles. The fraction of sp³-hybridized carbons (Fsp3) is 1.00. The summed E-state index contributed by atoms with van der Waals surface area (Å²) in [5.41, 5.74) is 0. The zero-order chi connectivity index (χ0) is 7.66. The van der Waals surface area contributed by atoms with Crippen molar-refractivity contribution in [1.29, 1.82) is 0 Å². The SMILES string of the molecule is CCNCCNCCNC. The van der Waals surface area contributed by atoms with Gasteiger partial charge in [0.1, 0.15) is 0 Å². The quantitative estimate of drug-likeness (QED) is 0.419. The van der Waals surface area contributed by atoms with Crippen LogP contribution in [0, 0.1) is 0 Å². The second-order valence-corrected chi connectivity index (χ2v) is 2.21. The second kappa shape index (κ2) is 8.88. The predicted molar refractivity (Wildman–Crippen MR) is 45.3 cm³/mol. The van der Waals surface area contributed by atoms with Gasteiger partial charge in [0.25, 0.3) is 0 Å². The topological polar surface area (TPSA) is 36.1 Å². The second-order valence-electron chi connectivity index (χ2n) is 2.21. The summed E-state index contributed by atoms with van der Waals surface area (Å²) in [7, 11) is 1.96. The molecule has 62 valence electrons. The molecule has 0 fully saturated rings. The Hall–Kier alpha value is -0.120. The van der Waals surface area contributed by atoms with Crippen molar-refractivity contribution in [3.63, 3.8) is 0 Å². The van der Waals surface area contributed by atoms with Crippen LogP contribution in [0.2, 0.25) is 0 Å². The van der Waals surface area contributed by atoms with Crippen molar-refractivity contribution in [3.8, 4) is 0 Å². The molecule has 0 saturated carbocycles. The first-order valence-electron chi connectivity index (χ1n) is 3.97. The van der Waals surface area contributed by atoms with Gasteiger partial charge in [0.15, 0.2) is 0 Å². The molecule has 10 heavy (non-hydrogen) atoms. The van der Waals surface area contributed by atoms with Crippen LogP contribution in [0.25, 0.3) is 0 Å². The maximum Gasteiger partial charge on any atom is 0.00772 e. The van der Waals surface area contributed by atoms with Crippen LogP contribution >= 0.6 is 0 Å². The maximum absolute atomic E-state index is 3.30. The van der Waals surface area contributed by atoms with Crippen molar-refractivity contribution >= 4 is 0 Å². The summed E-state index contributed by atoms with van der Waals surface area (Å²) in [5.74, 6) is 0. The van der Waals surface area contributed by atoms with Gasteiger partial charge in [-0.15, -0.1) is 0 Å². The van der Waals surface area contributed by atoms with Gasteiger partial charge in [0, 0.05) is 26.2 Å². The fourth-order valence-corrected chi connectivity index (χ4v) is 0.692. The van der Waals surface area contributed by atoms with Crippen LogP contribution in [-0.4, -0.2) is 39.8 Å². The standard InChI is InChI=1S/C7H19N3/c1-3-9-6-7-10-5-4-8-2/h8-10H,3-7H2,1-2H3. The van der Waals surface area contributed by atoms with Crippen LogP contribution in [0.15, 0.2) is 0 Å². The number of likely N-dealkylation sites (N-methyl/N-ethyl adjacent to an activating group) is 2. The van der Waals surface area contributed by atoms with E-state index in [0.29, 0.717) is 0 Å². The third-order valence-electron chi connectivity index (χ3n) is 1.28. The lowest BCUT2D eigenvalue weighted by atomic mass is 10.5. The summed E-state index contributed by atoms with van der Waals surface area (Å²) < 4.78 is 0. The highest BCUT2D eigenvalue weighted by molar-refractivity contribution is 4.50. The molecule has 3 heteroatoms. The third-order valence-corrected chi connectivity index (χ3v) is 1.28. The molecule has 0 atom stereocenters. The number of hydrogen-bond acceptors (Lipinski definition) is 3. The molecule has 0 bridgehead atoms. The Morgan fingerprint density at radius 2 is 1.50 bits per heavy atom. The lowest BCUT2D eigenvalue weighted by Gasteiger charge is -2.03. The molecule has 0 aliphatic heterocycles. The first-order valence-corrected chi connectivity index (χ1v) is 3.97. The van der Waals surface area contributed by atoms with Crippen LogP contribution in [-0.2, 0) is 0 Å². The lowest BCUT2D eigenvalue weighted by Crippen LogP contribution is -2.31. The Bertz CT molecular complexity index is 48.8. The van der Waals surface area contributed by atoms with Crippen LogP contribution < -0.4 is 16.0 Å². The van der Waals surface area contributed by atoms with Gasteiger partial charge in [-0.05, 0) is 13.6 Å². The Balaban J connectivity index is 2.65. The van der Waals surface area contributed by atoms with Gasteiger partial charge in [-0.1, -0.05) is 6.92 Å². The molecule has 0 radical (unpaired) electrons. The van der Waals surface area contributed by atoms with E-state index in [1.54, 1.807) is 0 Å². The van der Waals surface area contributed by atoms with Gasteiger partial charge in [-0.3, -0.25) is 0 Å². The van der Waals surface area contributed by atoms with Crippen molar-refractivity contribution in [2.24, 2.45) is 0 Å². The van der Waals surface area contributed by atoms with Gasteiger partial charge in [-0.25, -0.2) is 0 Å². The average molecular weight is 145 g/mol. The van der Waals surface area contributed by atoms with E-state index in [9.17, 15) is 0 Å². The summed E-state index contributed by atoms with van der Waals surface area (Å²) >= 11 is 0. The van der Waals surface area contributed by atoms with E-state index >= 15 is 0 Å². The molecule has 0 heterocycles. The molecule has 0 aromatic carbocycles. The average Bonchev–Trinajstić information content (AvgIpc) is 1.97. The van der Waals surface area contributed by atoms with E-state index in [1.165, 1.54) is 0 Å². The van der Waals surface area contributed by atoms with Gasteiger partial charge in [0.2, 0.25) is 0 Å². The molecule has 0 aromatic heterocycles. The lowest BCUT2D eigenvalue weighted by molar-refractivity contribution is 0.609. The van der Waals surface area contributed by atoms with E-state index in [2.05, 4.69) is 22.9 Å². The first kappa shape index (κ1) is 9.88. The Kier molecular flexibility index (Phi) is 8.77. The van der Waals surface area contributed by atoms with Crippen molar-refractivity contribution in [1.82, 2.24) is 16.0 Å². The summed E-state index contributed by atoms with van der Waals surface area (Å²) in [4.78, 5) is 0. The molecular formula is C7H19N3. The van der Waals surface area contributed by atoms with Gasteiger partial charge in [0.05, 0.1) is 0 Å². The molecule has 0 aromatic rings. The predicted octanol–water partition coefficient (Wildman–Crippen LogP) is -0.595. The zero-order valence-corrected chi connectivity index (χ0v) is 7.04. The zero-order valence-electron chi connectivity index (χ0n) is 7.04. The summed E-state index contributed by atoms with van der Waals surface area (Å²) in [6, 6.07) is 0. The Labute approximate surface area is 63.6 Å². The Morgan fingerprint density at radius 3 is 2.10 bits per heavy atom. The molecule has 0 amide bonds. The summed E-state index contributed by atoms with van der Waals surface area (Å²) in [5, 5.41) is 9.61. The number of rotatable bonds is 7. The van der Waals surface area contributed by atoms with Crippen LogP contribution in [0.1, 0.15) is 6.92 Å². The molecule has 0 aliphatic rings. The number of hydrogen-bond donors (Lipinski definition) is 3. The molecule has 0 spiro atoms. The van der Waals surface area contributed by atoms with Crippen molar-refractivity contribution in [2.75, 3.05) is 39.8 Å². The summed E-state index contributed by atoms with van der Waals surface area (Å²) in [6.07, 6.45) is 0. The third kappa shape index (κ3) is 7.88. The molecule has 3 N–H and O–H groups in total. The minimum Gasteiger partial charge on any atom is -0.318 e. The smallest absolute Gasteiger partial charge is 0.00772 e. The van der Waals surface area contributed by atoms with E-state index in [1.807, 2.05) is 7.05 Å². The molecular weight excluding hydrogens is 126 g/mol. The minimum absolute atomic E-state index is 1.05. The van der Waals surface area contributed by atoms with E-state index in [4.69, 9.17) is 0 Å². The highest BCUT2D eigenvalue weighted by Gasteiger charge is 1.83. The van der Waals surface area contributed by atoms with Crippen molar-refractivity contribution in [2.45, 2.75) is 6.92 Å². The van der Waals surface area contributed by atoms with Gasteiger partial charge in [-0.2, -0.15) is 0 Å². The fourth-order valence-electron chi connectivity index (χ4n) is 0.692. The van der Waals surface area contributed by atoms with Crippen LogP contribution in [0.3, 0.4) is 0 Å². The highest BCUT2D eigenvalue weighted by atomic mass is 15.0. The first-order chi connectivity index (χ1) is 4.91. The highest BCUT2D eigenvalue weighted by Crippen LogP contribution is 1.58. The normalized spacial score (nSPS) is 10.2. The van der Waals surface area contributed by atoms with E-state index in [-0.39, 0.29) is 0 Å². The van der Waals surface area contributed by atoms with E-state index < -0.39 is 0 Å². The van der Waals surface area contributed by atoms with Gasteiger partial charge >= 0.3 is 0 Å². The minimum atomic E-state index is 1.05. The van der Waals surface area contributed by atoms with Crippen LogP contribution in [0.4, 0.5) is 0 Å². The number of nitrogens with one attached hydrogen (secondary N) is 3. The van der Waals surface area contributed by atoms with Crippen molar-refractivity contribution in [3.05, 3.63) is 0 Å². The molecule has 0 unspecified atom stereocenters.